The van der Waals surface area contributed by atoms with Crippen molar-refractivity contribution in [1.29, 1.82) is 0 Å². The normalized spacial score (nSPS) is 16.3. The minimum atomic E-state index is -4.42. The van der Waals surface area contributed by atoms with Gasteiger partial charge in [0, 0.05) is 5.69 Å². The van der Waals surface area contributed by atoms with Crippen LogP contribution in [0.3, 0.4) is 0 Å². The molecule has 0 unspecified atom stereocenters. The van der Waals surface area contributed by atoms with Crippen LogP contribution in [-0.4, -0.2) is 15.7 Å². The van der Waals surface area contributed by atoms with Crippen molar-refractivity contribution in [2.75, 3.05) is 5.32 Å². The number of carbonyl (C=O) groups excluding carboxylic acids is 1. The van der Waals surface area contributed by atoms with Crippen LogP contribution in [0.2, 0.25) is 0 Å². The first kappa shape index (κ1) is 19.2. The number of rotatable bonds is 3. The van der Waals surface area contributed by atoms with Gasteiger partial charge in [0.05, 0.1) is 24.4 Å². The number of hydrogen-bond acceptors (Lipinski definition) is 3. The van der Waals surface area contributed by atoms with Crippen molar-refractivity contribution < 1.29 is 22.7 Å². The summed E-state index contributed by atoms with van der Waals surface area (Å²) in [4.78, 5) is 12.5. The molecule has 2 heterocycles. The largest absolute Gasteiger partial charge is 0.416 e. The Bertz CT molecular complexity index is 1020. The SMILES string of the molecule is Cc1ccc([C@@H]2Cn3nc(C(=O)Nc4ccc(C(F)(F)F)cc4)cc3CO2)cc1. The lowest BCUT2D eigenvalue weighted by atomic mass is 10.1. The first-order valence-electron chi connectivity index (χ1n) is 9.03. The van der Waals surface area contributed by atoms with Gasteiger partial charge in [0.1, 0.15) is 6.10 Å². The molecule has 8 heteroatoms. The van der Waals surface area contributed by atoms with Crippen molar-refractivity contribution in [3.63, 3.8) is 0 Å². The molecule has 0 saturated heterocycles. The molecule has 0 aliphatic carbocycles. The number of halogens is 3. The van der Waals surface area contributed by atoms with Crippen molar-refractivity contribution in [2.24, 2.45) is 0 Å². The maximum absolute atomic E-state index is 12.6. The number of ether oxygens (including phenoxy) is 1. The number of alkyl halides is 3. The monoisotopic (exact) mass is 401 g/mol. The molecule has 1 aromatic heterocycles. The van der Waals surface area contributed by atoms with E-state index in [1.54, 1.807) is 10.7 Å². The Morgan fingerprint density at radius 2 is 1.83 bits per heavy atom. The third kappa shape index (κ3) is 4.17. The van der Waals surface area contributed by atoms with Gasteiger partial charge in [-0.15, -0.1) is 0 Å². The quantitative estimate of drug-likeness (QED) is 0.690. The van der Waals surface area contributed by atoms with Gasteiger partial charge in [0.15, 0.2) is 5.69 Å². The van der Waals surface area contributed by atoms with Crippen molar-refractivity contribution in [3.05, 3.63) is 82.7 Å². The Morgan fingerprint density at radius 1 is 1.14 bits per heavy atom. The van der Waals surface area contributed by atoms with Crippen LogP contribution in [0.1, 0.15) is 39.0 Å². The van der Waals surface area contributed by atoms with Gasteiger partial charge in [0.25, 0.3) is 5.91 Å². The van der Waals surface area contributed by atoms with Crippen LogP contribution in [0.25, 0.3) is 0 Å². The molecule has 2 aromatic carbocycles. The van der Waals surface area contributed by atoms with Crippen LogP contribution in [-0.2, 0) is 24.1 Å². The highest BCUT2D eigenvalue weighted by Gasteiger charge is 2.30. The first-order chi connectivity index (χ1) is 13.8. The number of anilines is 1. The molecule has 4 rings (SSSR count). The van der Waals surface area contributed by atoms with Gasteiger partial charge < -0.3 is 10.1 Å². The van der Waals surface area contributed by atoms with Gasteiger partial charge >= 0.3 is 6.18 Å². The molecule has 1 atom stereocenters. The second kappa shape index (κ2) is 7.36. The number of aryl methyl sites for hydroxylation is 1. The summed E-state index contributed by atoms with van der Waals surface area (Å²) in [6, 6.07) is 14.0. The summed E-state index contributed by atoms with van der Waals surface area (Å²) in [5.74, 6) is -0.487. The summed E-state index contributed by atoms with van der Waals surface area (Å²) in [5, 5.41) is 6.91. The van der Waals surface area contributed by atoms with Gasteiger partial charge in [-0.2, -0.15) is 18.3 Å². The van der Waals surface area contributed by atoms with E-state index >= 15 is 0 Å². The van der Waals surface area contributed by atoms with Crippen molar-refractivity contribution >= 4 is 11.6 Å². The molecule has 29 heavy (non-hydrogen) atoms. The number of amides is 1. The third-order valence-corrected chi connectivity index (χ3v) is 4.79. The van der Waals surface area contributed by atoms with Crippen LogP contribution in [0, 0.1) is 6.92 Å². The van der Waals surface area contributed by atoms with Gasteiger partial charge in [-0.25, -0.2) is 0 Å². The van der Waals surface area contributed by atoms with E-state index in [1.807, 2.05) is 31.2 Å². The molecular weight excluding hydrogens is 383 g/mol. The maximum Gasteiger partial charge on any atom is 0.416 e. The Labute approximate surface area is 165 Å². The Morgan fingerprint density at radius 3 is 2.48 bits per heavy atom. The number of nitrogens with zero attached hydrogens (tertiary/aromatic N) is 2. The molecule has 1 aliphatic rings. The number of nitrogens with one attached hydrogen (secondary N) is 1. The lowest BCUT2D eigenvalue weighted by Crippen LogP contribution is -2.22. The van der Waals surface area contributed by atoms with Crippen LogP contribution < -0.4 is 5.32 Å². The summed E-state index contributed by atoms with van der Waals surface area (Å²) in [5.41, 5.74) is 2.65. The van der Waals surface area contributed by atoms with Crippen molar-refractivity contribution in [1.82, 2.24) is 9.78 Å². The topological polar surface area (TPSA) is 56.2 Å². The van der Waals surface area contributed by atoms with Gasteiger partial charge in [-0.1, -0.05) is 29.8 Å². The first-order valence-corrected chi connectivity index (χ1v) is 9.03. The van der Waals surface area contributed by atoms with Crippen molar-refractivity contribution in [3.8, 4) is 0 Å². The summed E-state index contributed by atoms with van der Waals surface area (Å²) in [7, 11) is 0. The highest BCUT2D eigenvalue weighted by atomic mass is 19.4. The van der Waals surface area contributed by atoms with E-state index < -0.39 is 17.6 Å². The Balaban J connectivity index is 1.46. The molecule has 150 valence electrons. The van der Waals surface area contributed by atoms with Gasteiger partial charge in [-0.3, -0.25) is 9.48 Å². The van der Waals surface area contributed by atoms with E-state index in [4.69, 9.17) is 4.74 Å². The van der Waals surface area contributed by atoms with Crippen LogP contribution in [0.15, 0.2) is 54.6 Å². The molecular formula is C21H18F3N3O2. The molecule has 1 amide bonds. The standard InChI is InChI=1S/C21H18F3N3O2/c1-13-2-4-14(5-3-13)19-11-27-17(12-29-19)10-18(26-27)20(28)25-16-8-6-15(7-9-16)21(22,23)24/h2-10,19H,11-12H2,1H3,(H,25,28)/t19-/m0/s1. The third-order valence-electron chi connectivity index (χ3n) is 4.79. The van der Waals surface area contributed by atoms with E-state index in [9.17, 15) is 18.0 Å². The Kier molecular flexibility index (Phi) is 4.87. The zero-order chi connectivity index (χ0) is 20.6. The molecule has 0 fully saturated rings. The minimum Gasteiger partial charge on any atom is -0.365 e. The zero-order valence-electron chi connectivity index (χ0n) is 15.5. The predicted molar refractivity (Wildman–Crippen MR) is 100 cm³/mol. The average Bonchev–Trinajstić information content (AvgIpc) is 3.12. The number of aromatic nitrogens is 2. The van der Waals surface area contributed by atoms with E-state index in [-0.39, 0.29) is 17.5 Å². The molecule has 1 N–H and O–H groups in total. The number of benzene rings is 2. The summed E-state index contributed by atoms with van der Waals surface area (Å²) in [6.07, 6.45) is -4.58. The highest BCUT2D eigenvalue weighted by Crippen LogP contribution is 2.30. The molecule has 3 aromatic rings. The summed E-state index contributed by atoms with van der Waals surface area (Å²) in [6.45, 7) is 2.81. The maximum atomic E-state index is 12.6. The molecule has 5 nitrogen and oxygen atoms in total. The Hall–Kier alpha value is -3.13. The lowest BCUT2D eigenvalue weighted by molar-refractivity contribution is -0.137. The van der Waals surface area contributed by atoms with Crippen molar-refractivity contribution in [2.45, 2.75) is 32.4 Å². The zero-order valence-corrected chi connectivity index (χ0v) is 15.5. The molecule has 0 bridgehead atoms. The number of carbonyl (C=O) groups is 1. The van der Waals surface area contributed by atoms with E-state index in [2.05, 4.69) is 10.4 Å². The molecule has 0 saturated carbocycles. The van der Waals surface area contributed by atoms with Gasteiger partial charge in [-0.05, 0) is 42.8 Å². The second-order valence-corrected chi connectivity index (χ2v) is 6.94. The summed E-state index contributed by atoms with van der Waals surface area (Å²) >= 11 is 0. The van der Waals surface area contributed by atoms with E-state index in [1.165, 1.54) is 12.1 Å². The highest BCUT2D eigenvalue weighted by molar-refractivity contribution is 6.02. The molecule has 0 spiro atoms. The minimum absolute atomic E-state index is 0.158. The predicted octanol–water partition coefficient (Wildman–Crippen LogP) is 4.73. The van der Waals surface area contributed by atoms with Crippen LogP contribution >= 0.6 is 0 Å². The fourth-order valence-electron chi connectivity index (χ4n) is 3.16. The second-order valence-electron chi connectivity index (χ2n) is 6.94. The van der Waals surface area contributed by atoms with Crippen LogP contribution in [0.4, 0.5) is 18.9 Å². The van der Waals surface area contributed by atoms with E-state index in [0.29, 0.717) is 13.2 Å². The van der Waals surface area contributed by atoms with Crippen LogP contribution in [0.5, 0.6) is 0 Å². The fraction of sp³-hybridized carbons (Fsp3) is 0.238. The lowest BCUT2D eigenvalue weighted by Gasteiger charge is -2.24. The number of fused-ring (bicyclic) bond motifs is 1. The van der Waals surface area contributed by atoms with Gasteiger partial charge in [0.2, 0.25) is 0 Å². The fourth-order valence-corrected chi connectivity index (χ4v) is 3.16. The number of hydrogen-bond donors (Lipinski definition) is 1. The average molecular weight is 401 g/mol. The molecule has 0 radical (unpaired) electrons. The summed E-state index contributed by atoms with van der Waals surface area (Å²) < 4.78 is 45.5. The molecule has 1 aliphatic heterocycles. The van der Waals surface area contributed by atoms with E-state index in [0.717, 1.165) is 29.0 Å². The smallest absolute Gasteiger partial charge is 0.365 e.